The van der Waals surface area contributed by atoms with Gasteiger partial charge in [-0.3, -0.25) is 4.98 Å². The molecule has 40 heavy (non-hydrogen) atoms. The fraction of sp³-hybridized carbons (Fsp3) is 0.531. The standard InChI is InChI=1S/C32H41F2N5O/c1-8-20(2)39-19-32(5,6)40-30-25(33)13-23(14-27(30)39)29-26(34)18-36-28(37-29)15-24-10-9-22(17-35-24)21-11-12-38(7)31(3,4)16-21/h9-10,13-14,17-18,20-21H,8,11-12,15-16,19H2,1-7H3. The van der Waals surface area contributed by atoms with Gasteiger partial charge in [-0.1, -0.05) is 13.0 Å². The molecule has 0 N–H and O–H groups in total. The maximum absolute atomic E-state index is 15.4. The van der Waals surface area contributed by atoms with Gasteiger partial charge in [0.1, 0.15) is 17.1 Å². The van der Waals surface area contributed by atoms with Crippen LogP contribution in [0.1, 0.15) is 83.8 Å². The molecule has 2 aliphatic rings. The molecule has 2 atom stereocenters. The zero-order valence-electron chi connectivity index (χ0n) is 24.8. The third-order valence-electron chi connectivity index (χ3n) is 8.70. The molecule has 0 bridgehead atoms. The minimum Gasteiger partial charge on any atom is -0.481 e. The van der Waals surface area contributed by atoms with E-state index < -0.39 is 17.2 Å². The average molecular weight is 550 g/mol. The van der Waals surface area contributed by atoms with E-state index in [4.69, 9.17) is 9.72 Å². The molecule has 0 saturated carbocycles. The number of likely N-dealkylation sites (tertiary alicyclic amines) is 1. The van der Waals surface area contributed by atoms with Gasteiger partial charge in [-0.05, 0) is 97.2 Å². The number of nitrogens with zero attached hydrogens (tertiary/aromatic N) is 5. The number of pyridine rings is 1. The van der Waals surface area contributed by atoms with Crippen molar-refractivity contribution >= 4 is 5.69 Å². The summed E-state index contributed by atoms with van der Waals surface area (Å²) in [7, 11) is 2.18. The van der Waals surface area contributed by atoms with Gasteiger partial charge in [0.2, 0.25) is 0 Å². The van der Waals surface area contributed by atoms with Crippen LogP contribution in [-0.2, 0) is 6.42 Å². The van der Waals surface area contributed by atoms with Gasteiger partial charge < -0.3 is 14.5 Å². The quantitative estimate of drug-likeness (QED) is 0.338. The molecule has 8 heteroatoms. The first kappa shape index (κ1) is 28.4. The number of benzene rings is 1. The average Bonchev–Trinajstić information content (AvgIpc) is 2.91. The van der Waals surface area contributed by atoms with E-state index >= 15 is 8.78 Å². The van der Waals surface area contributed by atoms with Crippen molar-refractivity contribution in [1.29, 1.82) is 0 Å². The van der Waals surface area contributed by atoms with Crippen molar-refractivity contribution < 1.29 is 13.5 Å². The third-order valence-corrected chi connectivity index (χ3v) is 8.70. The Morgan fingerprint density at radius 2 is 1.85 bits per heavy atom. The molecule has 0 radical (unpaired) electrons. The zero-order valence-corrected chi connectivity index (χ0v) is 24.8. The minimum absolute atomic E-state index is 0.0748. The van der Waals surface area contributed by atoms with E-state index in [1.54, 1.807) is 6.07 Å². The SMILES string of the molecule is CCC(C)N1CC(C)(C)Oc2c(F)cc(-c3nc(Cc4ccc(C5CCN(C)C(C)(C)C5)cn4)ncc3F)cc21. The van der Waals surface area contributed by atoms with E-state index in [1.165, 1.54) is 11.6 Å². The molecule has 214 valence electrons. The van der Waals surface area contributed by atoms with Crippen LogP contribution in [-0.4, -0.2) is 57.2 Å². The number of aromatic nitrogens is 3. The van der Waals surface area contributed by atoms with Crippen molar-refractivity contribution in [3.05, 3.63) is 65.4 Å². The first-order valence-electron chi connectivity index (χ1n) is 14.3. The second-order valence-corrected chi connectivity index (χ2v) is 12.7. The Bertz CT molecular complexity index is 1370. The number of halogens is 2. The summed E-state index contributed by atoms with van der Waals surface area (Å²) in [6.45, 7) is 14.3. The van der Waals surface area contributed by atoms with Gasteiger partial charge in [0, 0.05) is 29.0 Å². The van der Waals surface area contributed by atoms with E-state index in [2.05, 4.69) is 60.6 Å². The molecule has 5 rings (SSSR count). The summed E-state index contributed by atoms with van der Waals surface area (Å²) >= 11 is 0. The van der Waals surface area contributed by atoms with Crippen molar-refractivity contribution in [3.63, 3.8) is 0 Å². The summed E-state index contributed by atoms with van der Waals surface area (Å²) in [5.41, 5.74) is 2.73. The highest BCUT2D eigenvalue weighted by molar-refractivity contribution is 5.72. The molecule has 6 nitrogen and oxygen atoms in total. The van der Waals surface area contributed by atoms with Crippen molar-refractivity contribution in [2.75, 3.05) is 25.0 Å². The van der Waals surface area contributed by atoms with Crippen molar-refractivity contribution in [2.24, 2.45) is 0 Å². The van der Waals surface area contributed by atoms with Gasteiger partial charge in [-0.15, -0.1) is 0 Å². The van der Waals surface area contributed by atoms with Gasteiger partial charge in [-0.25, -0.2) is 18.7 Å². The zero-order chi connectivity index (χ0) is 28.8. The van der Waals surface area contributed by atoms with Crippen LogP contribution in [0, 0.1) is 11.6 Å². The molecule has 0 spiro atoms. The van der Waals surface area contributed by atoms with Crippen molar-refractivity contribution in [1.82, 2.24) is 19.9 Å². The summed E-state index contributed by atoms with van der Waals surface area (Å²) in [6.07, 6.45) is 6.56. The fourth-order valence-electron chi connectivity index (χ4n) is 5.88. The largest absolute Gasteiger partial charge is 0.481 e. The van der Waals surface area contributed by atoms with Gasteiger partial charge in [-0.2, -0.15) is 0 Å². The Hall–Kier alpha value is -3.13. The summed E-state index contributed by atoms with van der Waals surface area (Å²) in [4.78, 5) is 18.0. The smallest absolute Gasteiger partial charge is 0.179 e. The lowest BCUT2D eigenvalue weighted by molar-refractivity contribution is 0.0941. The number of hydrogen-bond donors (Lipinski definition) is 0. The Morgan fingerprint density at radius 3 is 2.52 bits per heavy atom. The number of rotatable bonds is 6. The summed E-state index contributed by atoms with van der Waals surface area (Å²) in [6, 6.07) is 7.40. The topological polar surface area (TPSA) is 54.4 Å². The first-order chi connectivity index (χ1) is 18.9. The Kier molecular flexibility index (Phi) is 7.59. The highest BCUT2D eigenvalue weighted by Crippen LogP contribution is 2.43. The van der Waals surface area contributed by atoms with Gasteiger partial charge in [0.05, 0.1) is 24.8 Å². The van der Waals surface area contributed by atoms with Crippen LogP contribution in [0.25, 0.3) is 11.3 Å². The van der Waals surface area contributed by atoms with Crippen LogP contribution in [0.2, 0.25) is 0 Å². The molecule has 0 aliphatic carbocycles. The molecule has 1 aromatic carbocycles. The highest BCUT2D eigenvalue weighted by atomic mass is 19.1. The number of hydrogen-bond acceptors (Lipinski definition) is 6. The van der Waals surface area contributed by atoms with Crippen LogP contribution in [0.4, 0.5) is 14.5 Å². The predicted molar refractivity (Wildman–Crippen MR) is 155 cm³/mol. The third kappa shape index (κ3) is 5.69. The van der Waals surface area contributed by atoms with Crippen LogP contribution in [0.3, 0.4) is 0 Å². The molecule has 4 heterocycles. The van der Waals surface area contributed by atoms with Crippen molar-refractivity contribution in [2.45, 2.75) is 90.3 Å². The van der Waals surface area contributed by atoms with E-state index in [-0.39, 0.29) is 23.0 Å². The number of ether oxygens (including phenoxy) is 1. The molecular formula is C32H41F2N5O. The number of fused-ring (bicyclic) bond motifs is 1. The second-order valence-electron chi connectivity index (χ2n) is 12.7. The normalized spacial score (nSPS) is 21.0. The van der Waals surface area contributed by atoms with E-state index in [9.17, 15) is 0 Å². The maximum atomic E-state index is 15.4. The van der Waals surface area contributed by atoms with Crippen LogP contribution in [0.15, 0.2) is 36.7 Å². The van der Waals surface area contributed by atoms with Gasteiger partial charge in [0.25, 0.3) is 0 Å². The van der Waals surface area contributed by atoms with Gasteiger partial charge in [0.15, 0.2) is 17.4 Å². The summed E-state index contributed by atoms with van der Waals surface area (Å²) in [5.74, 6) is -0.00515. The lowest BCUT2D eigenvalue weighted by Gasteiger charge is -2.44. The molecule has 2 unspecified atom stereocenters. The number of piperidine rings is 1. The maximum Gasteiger partial charge on any atom is 0.179 e. The molecular weight excluding hydrogens is 508 g/mol. The summed E-state index contributed by atoms with van der Waals surface area (Å²) < 4.78 is 36.5. The van der Waals surface area contributed by atoms with Crippen LogP contribution in [0.5, 0.6) is 5.75 Å². The van der Waals surface area contributed by atoms with E-state index in [0.717, 1.165) is 37.7 Å². The Labute approximate surface area is 236 Å². The number of anilines is 1. The molecule has 3 aromatic rings. The Balaban J connectivity index is 1.40. The van der Waals surface area contributed by atoms with E-state index in [1.807, 2.05) is 26.1 Å². The Morgan fingerprint density at radius 1 is 1.07 bits per heavy atom. The van der Waals surface area contributed by atoms with Crippen LogP contribution >= 0.6 is 0 Å². The minimum atomic E-state index is -0.594. The summed E-state index contributed by atoms with van der Waals surface area (Å²) in [5, 5.41) is 0. The van der Waals surface area contributed by atoms with Crippen molar-refractivity contribution in [3.8, 4) is 17.0 Å². The second kappa shape index (κ2) is 10.7. The molecule has 2 aliphatic heterocycles. The van der Waals surface area contributed by atoms with Crippen LogP contribution < -0.4 is 9.64 Å². The molecule has 0 amide bonds. The molecule has 2 aromatic heterocycles. The lowest BCUT2D eigenvalue weighted by Crippen LogP contribution is -2.50. The van der Waals surface area contributed by atoms with E-state index in [0.29, 0.717) is 36.0 Å². The molecule has 1 fully saturated rings. The lowest BCUT2D eigenvalue weighted by atomic mass is 9.80. The first-order valence-corrected chi connectivity index (χ1v) is 14.3. The van der Waals surface area contributed by atoms with Gasteiger partial charge >= 0.3 is 0 Å². The predicted octanol–water partition coefficient (Wildman–Crippen LogP) is 6.77. The monoisotopic (exact) mass is 549 g/mol. The molecule has 1 saturated heterocycles. The fourth-order valence-corrected chi connectivity index (χ4v) is 5.88. The highest BCUT2D eigenvalue weighted by Gasteiger charge is 2.36.